The summed E-state index contributed by atoms with van der Waals surface area (Å²) in [7, 11) is 0. The van der Waals surface area contributed by atoms with Gasteiger partial charge in [0, 0.05) is 28.3 Å². The molecule has 1 heterocycles. The van der Waals surface area contributed by atoms with E-state index >= 15 is 0 Å². The normalized spacial score (nSPS) is 13.7. The monoisotopic (exact) mass is 303 g/mol. The van der Waals surface area contributed by atoms with Gasteiger partial charge in [0.25, 0.3) is 0 Å². The van der Waals surface area contributed by atoms with Crippen LogP contribution in [-0.4, -0.2) is 18.3 Å². The first-order valence-electron chi connectivity index (χ1n) is 6.82. The molecular formula is C16H17NO3S. The molecule has 21 heavy (non-hydrogen) atoms. The minimum Gasteiger partial charge on any atom is -0.508 e. The Morgan fingerprint density at radius 2 is 1.86 bits per heavy atom. The van der Waals surface area contributed by atoms with Gasteiger partial charge in [-0.05, 0) is 36.4 Å². The van der Waals surface area contributed by atoms with Gasteiger partial charge in [-0.2, -0.15) is 0 Å². The Balaban J connectivity index is 1.73. The summed E-state index contributed by atoms with van der Waals surface area (Å²) in [5, 5.41) is 9.83. The lowest BCUT2D eigenvalue weighted by molar-refractivity contribution is 0.297. The summed E-state index contributed by atoms with van der Waals surface area (Å²) in [5.74, 6) is 2.50. The first kappa shape index (κ1) is 13.9. The number of benzene rings is 2. The van der Waals surface area contributed by atoms with E-state index < -0.39 is 0 Å². The molecule has 0 aromatic heterocycles. The average Bonchev–Trinajstić information content (AvgIpc) is 2.73. The van der Waals surface area contributed by atoms with Crippen LogP contribution in [0.5, 0.6) is 17.2 Å². The number of phenols is 1. The van der Waals surface area contributed by atoms with Crippen LogP contribution in [0.15, 0.2) is 41.3 Å². The maximum Gasteiger partial charge on any atom is 0.162 e. The molecule has 2 aromatic carbocycles. The molecule has 0 saturated carbocycles. The quantitative estimate of drug-likeness (QED) is 0.517. The van der Waals surface area contributed by atoms with Crippen molar-refractivity contribution < 1.29 is 14.6 Å². The Morgan fingerprint density at radius 1 is 1.05 bits per heavy atom. The first-order chi connectivity index (χ1) is 10.2. The smallest absolute Gasteiger partial charge is 0.162 e. The molecular weight excluding hydrogens is 286 g/mol. The van der Waals surface area contributed by atoms with Crippen molar-refractivity contribution in [3.8, 4) is 17.2 Å². The van der Waals surface area contributed by atoms with Crippen LogP contribution in [0, 0.1) is 0 Å². The van der Waals surface area contributed by atoms with Crippen LogP contribution in [-0.2, 0) is 5.75 Å². The molecule has 3 N–H and O–H groups in total. The fraction of sp³-hybridized carbons (Fsp3) is 0.250. The predicted molar refractivity (Wildman–Crippen MR) is 84.1 cm³/mol. The summed E-state index contributed by atoms with van der Waals surface area (Å²) in [5.41, 5.74) is 7.23. The molecule has 0 unspecified atom stereocenters. The van der Waals surface area contributed by atoms with Crippen LogP contribution in [0.1, 0.15) is 12.0 Å². The lowest BCUT2D eigenvalue weighted by atomic mass is 10.2. The number of hydrogen-bond donors (Lipinski definition) is 2. The van der Waals surface area contributed by atoms with Gasteiger partial charge in [-0.15, -0.1) is 11.8 Å². The number of thioether (sulfide) groups is 1. The Morgan fingerprint density at radius 3 is 2.71 bits per heavy atom. The number of rotatable bonds is 3. The number of hydrogen-bond acceptors (Lipinski definition) is 5. The Kier molecular flexibility index (Phi) is 4.10. The van der Waals surface area contributed by atoms with Crippen LogP contribution in [0.4, 0.5) is 5.69 Å². The highest BCUT2D eigenvalue weighted by Crippen LogP contribution is 2.36. The molecule has 0 radical (unpaired) electrons. The summed E-state index contributed by atoms with van der Waals surface area (Å²) >= 11 is 1.62. The van der Waals surface area contributed by atoms with Crippen molar-refractivity contribution in [1.82, 2.24) is 0 Å². The highest BCUT2D eigenvalue weighted by Gasteiger charge is 2.11. The number of ether oxygens (including phenoxy) is 2. The number of nitrogen functional groups attached to an aromatic ring is 1. The number of nitrogens with two attached hydrogens (primary N) is 1. The molecule has 110 valence electrons. The van der Waals surface area contributed by atoms with Crippen LogP contribution in [0.3, 0.4) is 0 Å². The molecule has 0 saturated heterocycles. The third-order valence-corrected chi connectivity index (χ3v) is 4.26. The maximum atomic E-state index is 9.83. The zero-order valence-corrected chi connectivity index (χ0v) is 12.4. The summed E-state index contributed by atoms with van der Waals surface area (Å²) in [4.78, 5) is 1.07. The van der Waals surface area contributed by atoms with E-state index in [2.05, 4.69) is 0 Å². The average molecular weight is 303 g/mol. The van der Waals surface area contributed by atoms with Gasteiger partial charge in [0.15, 0.2) is 11.5 Å². The minimum atomic E-state index is 0.269. The molecule has 0 fully saturated rings. The zero-order chi connectivity index (χ0) is 14.7. The van der Waals surface area contributed by atoms with E-state index in [0.29, 0.717) is 24.7 Å². The van der Waals surface area contributed by atoms with Crippen molar-refractivity contribution in [2.45, 2.75) is 17.1 Å². The zero-order valence-electron chi connectivity index (χ0n) is 11.5. The standard InChI is InChI=1S/C16H17NO3S/c17-12-2-4-14(18)11(8-12)10-21-13-3-5-15-16(9-13)20-7-1-6-19-15/h2-5,8-9,18H,1,6-7,10,17H2. The van der Waals surface area contributed by atoms with Gasteiger partial charge in [-0.25, -0.2) is 0 Å². The van der Waals surface area contributed by atoms with Crippen molar-refractivity contribution >= 4 is 17.4 Å². The molecule has 2 aromatic rings. The summed E-state index contributed by atoms with van der Waals surface area (Å²) < 4.78 is 11.3. The molecule has 5 heteroatoms. The van der Waals surface area contributed by atoms with Crippen molar-refractivity contribution in [2.24, 2.45) is 0 Å². The van der Waals surface area contributed by atoms with Crippen LogP contribution in [0.2, 0.25) is 0 Å². The van der Waals surface area contributed by atoms with E-state index in [1.54, 1.807) is 30.0 Å². The lowest BCUT2D eigenvalue weighted by Crippen LogP contribution is -1.97. The van der Waals surface area contributed by atoms with Gasteiger partial charge in [0.05, 0.1) is 13.2 Å². The topological polar surface area (TPSA) is 64.7 Å². The van der Waals surface area contributed by atoms with Gasteiger partial charge >= 0.3 is 0 Å². The van der Waals surface area contributed by atoms with Crippen molar-refractivity contribution in [1.29, 1.82) is 0 Å². The molecule has 0 atom stereocenters. The number of anilines is 1. The fourth-order valence-electron chi connectivity index (χ4n) is 2.12. The third kappa shape index (κ3) is 3.36. The molecule has 1 aliphatic rings. The van der Waals surface area contributed by atoms with Crippen molar-refractivity contribution in [3.63, 3.8) is 0 Å². The highest BCUT2D eigenvalue weighted by atomic mass is 32.2. The van der Waals surface area contributed by atoms with Gasteiger partial charge in [-0.1, -0.05) is 0 Å². The summed E-state index contributed by atoms with van der Waals surface area (Å²) in [6.07, 6.45) is 0.897. The predicted octanol–water partition coefficient (Wildman–Crippen LogP) is 3.43. The van der Waals surface area contributed by atoms with Gasteiger partial charge < -0.3 is 20.3 Å². The highest BCUT2D eigenvalue weighted by molar-refractivity contribution is 7.98. The summed E-state index contributed by atoms with van der Waals surface area (Å²) in [6.45, 7) is 1.37. The Hall–Kier alpha value is -2.01. The Labute approximate surface area is 127 Å². The van der Waals surface area contributed by atoms with Crippen molar-refractivity contribution in [3.05, 3.63) is 42.0 Å². The van der Waals surface area contributed by atoms with E-state index in [9.17, 15) is 5.11 Å². The number of aromatic hydroxyl groups is 1. The van der Waals surface area contributed by atoms with Crippen molar-refractivity contribution in [2.75, 3.05) is 18.9 Å². The molecule has 0 spiro atoms. The lowest BCUT2D eigenvalue weighted by Gasteiger charge is -2.10. The van der Waals surface area contributed by atoms with Crippen LogP contribution >= 0.6 is 11.8 Å². The number of phenolic OH excluding ortho intramolecular Hbond substituents is 1. The molecule has 4 nitrogen and oxygen atoms in total. The van der Waals surface area contributed by atoms with Crippen LogP contribution in [0.25, 0.3) is 0 Å². The largest absolute Gasteiger partial charge is 0.508 e. The van der Waals surface area contributed by atoms with Gasteiger partial charge in [0.1, 0.15) is 5.75 Å². The van der Waals surface area contributed by atoms with Gasteiger partial charge in [0.2, 0.25) is 0 Å². The van der Waals surface area contributed by atoms with E-state index in [0.717, 1.165) is 28.4 Å². The van der Waals surface area contributed by atoms with E-state index in [-0.39, 0.29) is 5.75 Å². The summed E-state index contributed by atoms with van der Waals surface area (Å²) in [6, 6.07) is 11.0. The minimum absolute atomic E-state index is 0.269. The van der Waals surface area contributed by atoms with E-state index in [4.69, 9.17) is 15.2 Å². The molecule has 1 aliphatic heterocycles. The van der Waals surface area contributed by atoms with Crippen LogP contribution < -0.4 is 15.2 Å². The van der Waals surface area contributed by atoms with Gasteiger partial charge in [-0.3, -0.25) is 0 Å². The molecule has 0 amide bonds. The first-order valence-corrected chi connectivity index (χ1v) is 7.81. The second kappa shape index (κ2) is 6.18. The molecule has 0 aliphatic carbocycles. The number of fused-ring (bicyclic) bond motifs is 1. The van der Waals surface area contributed by atoms with E-state index in [1.165, 1.54) is 0 Å². The molecule has 0 bridgehead atoms. The van der Waals surface area contributed by atoms with E-state index in [1.807, 2.05) is 18.2 Å². The maximum absolute atomic E-state index is 9.83. The second-order valence-corrected chi connectivity index (χ2v) is 5.88. The second-order valence-electron chi connectivity index (χ2n) is 4.84. The fourth-order valence-corrected chi connectivity index (χ4v) is 3.02. The Bertz CT molecular complexity index is 645. The molecule has 3 rings (SSSR count). The SMILES string of the molecule is Nc1ccc(O)c(CSc2ccc3c(c2)OCCCO3)c1. The third-order valence-electron chi connectivity index (χ3n) is 3.22.